The van der Waals surface area contributed by atoms with Crippen LogP contribution in [-0.2, 0) is 0 Å². The van der Waals surface area contributed by atoms with Crippen LogP contribution in [0.1, 0.15) is 29.8 Å². The van der Waals surface area contributed by atoms with Crippen LogP contribution in [0.15, 0.2) is 18.3 Å². The van der Waals surface area contributed by atoms with Gasteiger partial charge in [0.25, 0.3) is 5.91 Å². The van der Waals surface area contributed by atoms with Crippen molar-refractivity contribution in [2.75, 3.05) is 26.0 Å². The van der Waals surface area contributed by atoms with Crippen molar-refractivity contribution in [2.24, 2.45) is 5.73 Å². The van der Waals surface area contributed by atoms with Crippen molar-refractivity contribution in [1.29, 1.82) is 0 Å². The van der Waals surface area contributed by atoms with Crippen molar-refractivity contribution < 1.29 is 4.79 Å². The van der Waals surface area contributed by atoms with Gasteiger partial charge in [-0.3, -0.25) is 9.78 Å². The molecule has 0 unspecified atom stereocenters. The van der Waals surface area contributed by atoms with Crippen LogP contribution in [0.2, 0.25) is 0 Å². The number of anilines is 1. The average molecular weight is 248 g/mol. The molecule has 1 fully saturated rings. The summed E-state index contributed by atoms with van der Waals surface area (Å²) in [5, 5.41) is 3.37. The summed E-state index contributed by atoms with van der Waals surface area (Å²) in [6, 6.07) is 3.55. The second-order valence-corrected chi connectivity index (χ2v) is 5.12. The highest BCUT2D eigenvalue weighted by Crippen LogP contribution is 2.36. The number of amides is 1. The summed E-state index contributed by atoms with van der Waals surface area (Å²) < 4.78 is 0. The van der Waals surface area contributed by atoms with Crippen LogP contribution in [0.4, 0.5) is 5.69 Å². The Morgan fingerprint density at radius 2 is 2.28 bits per heavy atom. The molecular formula is C13H20N4O. The largest absolute Gasteiger partial charge is 0.383 e. The number of hydrogen-bond donors (Lipinski definition) is 2. The van der Waals surface area contributed by atoms with E-state index in [1.54, 1.807) is 12.3 Å². The lowest BCUT2D eigenvalue weighted by atomic mass is 9.75. The second kappa shape index (κ2) is 4.94. The van der Waals surface area contributed by atoms with Crippen molar-refractivity contribution in [3.8, 4) is 0 Å². The van der Waals surface area contributed by atoms with Crippen LogP contribution < -0.4 is 11.1 Å². The maximum Gasteiger partial charge on any atom is 0.267 e. The van der Waals surface area contributed by atoms with E-state index >= 15 is 0 Å². The van der Waals surface area contributed by atoms with E-state index in [1.807, 2.05) is 6.07 Å². The summed E-state index contributed by atoms with van der Waals surface area (Å²) in [7, 11) is 4.23. The van der Waals surface area contributed by atoms with E-state index in [4.69, 9.17) is 5.73 Å². The number of carbonyl (C=O) groups excluding carboxylic acids is 1. The first-order valence-corrected chi connectivity index (χ1v) is 6.21. The Morgan fingerprint density at radius 1 is 1.56 bits per heavy atom. The van der Waals surface area contributed by atoms with Crippen molar-refractivity contribution in [2.45, 2.75) is 24.8 Å². The molecular weight excluding hydrogens is 228 g/mol. The average Bonchev–Trinajstić information content (AvgIpc) is 2.27. The second-order valence-electron chi connectivity index (χ2n) is 5.12. The smallest absolute Gasteiger partial charge is 0.267 e. The molecule has 1 aromatic rings. The fourth-order valence-corrected chi connectivity index (χ4v) is 2.31. The number of nitrogens with zero attached hydrogens (tertiary/aromatic N) is 2. The van der Waals surface area contributed by atoms with Gasteiger partial charge in [-0.25, -0.2) is 0 Å². The predicted molar refractivity (Wildman–Crippen MR) is 71.5 cm³/mol. The van der Waals surface area contributed by atoms with Gasteiger partial charge in [-0.15, -0.1) is 0 Å². The Kier molecular flexibility index (Phi) is 3.52. The fourth-order valence-electron chi connectivity index (χ4n) is 2.31. The Balaban J connectivity index is 2.02. The Hall–Kier alpha value is -1.62. The van der Waals surface area contributed by atoms with E-state index in [0.29, 0.717) is 5.69 Å². The molecule has 1 aromatic heterocycles. The molecule has 1 amide bonds. The number of nitrogens with one attached hydrogen (secondary N) is 1. The van der Waals surface area contributed by atoms with Gasteiger partial charge in [0.05, 0.1) is 0 Å². The van der Waals surface area contributed by atoms with Crippen molar-refractivity contribution in [3.05, 3.63) is 24.0 Å². The summed E-state index contributed by atoms with van der Waals surface area (Å²) in [5.74, 6) is -0.496. The van der Waals surface area contributed by atoms with Crippen LogP contribution in [-0.4, -0.2) is 42.0 Å². The van der Waals surface area contributed by atoms with Crippen molar-refractivity contribution >= 4 is 11.6 Å². The molecule has 1 saturated carbocycles. The number of nitrogens with two attached hydrogens (primary N) is 1. The standard InChI is InChI=1S/C13H20N4O/c1-17(2)13(5-3-6-13)9-16-10-4-7-15-11(8-10)12(14)18/h4,7-8H,3,5-6,9H2,1-2H3,(H2,14,18)(H,15,16). The summed E-state index contributed by atoms with van der Waals surface area (Å²) in [6.45, 7) is 0.877. The minimum Gasteiger partial charge on any atom is -0.383 e. The molecule has 0 spiro atoms. The molecule has 0 aliphatic heterocycles. The van der Waals surface area contributed by atoms with Gasteiger partial charge in [-0.1, -0.05) is 0 Å². The maximum absolute atomic E-state index is 11.1. The highest BCUT2D eigenvalue weighted by Gasteiger charge is 2.38. The maximum atomic E-state index is 11.1. The van der Waals surface area contributed by atoms with Crippen LogP contribution in [0, 0.1) is 0 Å². The van der Waals surface area contributed by atoms with Crippen LogP contribution in [0.3, 0.4) is 0 Å². The molecule has 0 radical (unpaired) electrons. The van der Waals surface area contributed by atoms with E-state index in [0.717, 1.165) is 12.2 Å². The number of hydrogen-bond acceptors (Lipinski definition) is 4. The van der Waals surface area contributed by atoms with Gasteiger partial charge in [-0.2, -0.15) is 0 Å². The Bertz CT molecular complexity index is 440. The van der Waals surface area contributed by atoms with Gasteiger partial charge in [0.1, 0.15) is 5.69 Å². The molecule has 5 nitrogen and oxygen atoms in total. The molecule has 1 aliphatic rings. The van der Waals surface area contributed by atoms with E-state index in [2.05, 4.69) is 29.3 Å². The molecule has 1 heterocycles. The van der Waals surface area contributed by atoms with Gasteiger partial charge in [0, 0.05) is 24.0 Å². The van der Waals surface area contributed by atoms with E-state index < -0.39 is 5.91 Å². The SMILES string of the molecule is CN(C)C1(CNc2ccnc(C(N)=O)c2)CCC1. The molecule has 5 heteroatoms. The van der Waals surface area contributed by atoms with Gasteiger partial charge in [0.15, 0.2) is 0 Å². The molecule has 98 valence electrons. The third-order valence-corrected chi connectivity index (χ3v) is 3.87. The van der Waals surface area contributed by atoms with Gasteiger partial charge in [-0.05, 0) is 45.5 Å². The molecule has 18 heavy (non-hydrogen) atoms. The quantitative estimate of drug-likeness (QED) is 0.818. The van der Waals surface area contributed by atoms with Crippen molar-refractivity contribution in [1.82, 2.24) is 9.88 Å². The van der Waals surface area contributed by atoms with E-state index in [1.165, 1.54) is 19.3 Å². The molecule has 0 bridgehead atoms. The molecule has 0 aromatic carbocycles. The first kappa shape index (κ1) is 12.8. The number of pyridine rings is 1. The zero-order chi connectivity index (χ0) is 13.2. The number of primary amides is 1. The first-order valence-electron chi connectivity index (χ1n) is 6.21. The number of carbonyl (C=O) groups is 1. The minimum absolute atomic E-state index is 0.246. The summed E-state index contributed by atoms with van der Waals surface area (Å²) >= 11 is 0. The minimum atomic E-state index is -0.496. The topological polar surface area (TPSA) is 71.2 Å². The van der Waals surface area contributed by atoms with E-state index in [-0.39, 0.29) is 5.54 Å². The number of likely N-dealkylation sites (N-methyl/N-ethyl adjacent to an activating group) is 1. The monoisotopic (exact) mass is 248 g/mol. The number of rotatable bonds is 5. The highest BCUT2D eigenvalue weighted by atomic mass is 16.1. The van der Waals surface area contributed by atoms with Gasteiger partial charge in [0.2, 0.25) is 0 Å². The Labute approximate surface area is 107 Å². The molecule has 3 N–H and O–H groups in total. The number of aromatic nitrogens is 1. The summed E-state index contributed by atoms with van der Waals surface area (Å²) in [4.78, 5) is 17.3. The first-order chi connectivity index (χ1) is 8.53. The van der Waals surface area contributed by atoms with Crippen LogP contribution >= 0.6 is 0 Å². The molecule has 1 aliphatic carbocycles. The van der Waals surface area contributed by atoms with Gasteiger partial charge >= 0.3 is 0 Å². The molecule has 0 saturated heterocycles. The fraction of sp³-hybridized carbons (Fsp3) is 0.538. The third kappa shape index (κ3) is 2.46. The zero-order valence-corrected chi connectivity index (χ0v) is 10.9. The lowest BCUT2D eigenvalue weighted by Crippen LogP contribution is -2.54. The molecule has 0 atom stereocenters. The molecule has 2 rings (SSSR count). The summed E-state index contributed by atoms with van der Waals surface area (Å²) in [5.41, 5.74) is 6.65. The normalized spacial score (nSPS) is 17.3. The van der Waals surface area contributed by atoms with Crippen LogP contribution in [0.25, 0.3) is 0 Å². The third-order valence-electron chi connectivity index (χ3n) is 3.87. The van der Waals surface area contributed by atoms with E-state index in [9.17, 15) is 4.79 Å². The van der Waals surface area contributed by atoms with Crippen molar-refractivity contribution in [3.63, 3.8) is 0 Å². The lowest BCUT2D eigenvalue weighted by Gasteiger charge is -2.47. The highest BCUT2D eigenvalue weighted by molar-refractivity contribution is 5.91. The Morgan fingerprint density at radius 3 is 2.78 bits per heavy atom. The zero-order valence-electron chi connectivity index (χ0n) is 10.9. The predicted octanol–water partition coefficient (Wildman–Crippen LogP) is 1.08. The summed E-state index contributed by atoms with van der Waals surface area (Å²) in [6.07, 6.45) is 5.30. The lowest BCUT2D eigenvalue weighted by molar-refractivity contribution is 0.0739. The van der Waals surface area contributed by atoms with Gasteiger partial charge < -0.3 is 16.0 Å². The van der Waals surface area contributed by atoms with Crippen LogP contribution in [0.5, 0.6) is 0 Å².